The fourth-order valence-corrected chi connectivity index (χ4v) is 5.61. The zero-order valence-electron chi connectivity index (χ0n) is 16.9. The van der Waals surface area contributed by atoms with E-state index in [-0.39, 0.29) is 5.56 Å². The van der Waals surface area contributed by atoms with Gasteiger partial charge in [0.05, 0.1) is 22.2 Å². The Kier molecular flexibility index (Phi) is 5.36. The highest BCUT2D eigenvalue weighted by Crippen LogP contribution is 2.33. The van der Waals surface area contributed by atoms with Crippen molar-refractivity contribution in [2.24, 2.45) is 0 Å². The number of nitriles is 1. The fraction of sp³-hybridized carbons (Fsp3) is 0.435. The maximum Gasteiger partial charge on any atom is 0.186 e. The van der Waals surface area contributed by atoms with E-state index in [0.717, 1.165) is 45.7 Å². The first-order valence-electron chi connectivity index (χ1n) is 10.7. The molecule has 0 N–H and O–H groups in total. The molecule has 0 spiro atoms. The topological polar surface area (TPSA) is 56.1 Å². The van der Waals surface area contributed by atoms with Gasteiger partial charge in [-0.25, -0.2) is 9.37 Å². The van der Waals surface area contributed by atoms with Crippen LogP contribution in [0.15, 0.2) is 30.5 Å². The summed E-state index contributed by atoms with van der Waals surface area (Å²) in [6, 6.07) is 9.15. The lowest BCUT2D eigenvalue weighted by atomic mass is 10.0. The van der Waals surface area contributed by atoms with Crippen molar-refractivity contribution in [3.8, 4) is 17.3 Å². The van der Waals surface area contributed by atoms with Gasteiger partial charge in [-0.3, -0.25) is 4.98 Å². The van der Waals surface area contributed by atoms with Crippen molar-refractivity contribution in [3.63, 3.8) is 0 Å². The number of likely N-dealkylation sites (tertiary alicyclic amines) is 1. The number of benzene rings is 1. The summed E-state index contributed by atoms with van der Waals surface area (Å²) in [6.07, 6.45) is 8.25. The van der Waals surface area contributed by atoms with Crippen LogP contribution in [0.2, 0.25) is 0 Å². The minimum absolute atomic E-state index is 0.0379. The summed E-state index contributed by atoms with van der Waals surface area (Å²) in [5.41, 5.74) is 2.40. The zero-order chi connectivity index (χ0) is 20.5. The molecule has 2 aliphatic heterocycles. The average Bonchev–Trinajstić information content (AvgIpc) is 3.23. The van der Waals surface area contributed by atoms with Crippen molar-refractivity contribution < 1.29 is 4.39 Å². The molecule has 5 rings (SSSR count). The van der Waals surface area contributed by atoms with Gasteiger partial charge in [0.15, 0.2) is 5.13 Å². The molecule has 0 bridgehead atoms. The summed E-state index contributed by atoms with van der Waals surface area (Å²) in [4.78, 5) is 14.4. The Balaban J connectivity index is 1.33. The maximum absolute atomic E-state index is 13.6. The molecule has 0 unspecified atom stereocenters. The molecule has 7 heteroatoms. The molecular weight excluding hydrogens is 397 g/mol. The molecule has 0 amide bonds. The van der Waals surface area contributed by atoms with Crippen LogP contribution in [-0.2, 0) is 0 Å². The van der Waals surface area contributed by atoms with E-state index >= 15 is 0 Å². The third-order valence-corrected chi connectivity index (χ3v) is 7.37. The number of anilines is 1. The number of halogens is 1. The van der Waals surface area contributed by atoms with E-state index < -0.39 is 5.82 Å². The van der Waals surface area contributed by atoms with Crippen LogP contribution in [0.3, 0.4) is 0 Å². The van der Waals surface area contributed by atoms with Crippen molar-refractivity contribution in [1.82, 2.24) is 14.9 Å². The van der Waals surface area contributed by atoms with Gasteiger partial charge in [-0.05, 0) is 63.0 Å². The number of fused-ring (bicyclic) bond motifs is 1. The van der Waals surface area contributed by atoms with Gasteiger partial charge in [0.1, 0.15) is 17.4 Å². The standard InChI is InChI=1S/C23H24FN5S/c24-19-5-4-16(12-17(19)14-25)20-13-22-21(15-26-20)27-23(30-22)29-10-6-18(7-11-29)28-8-2-1-3-9-28/h4-5,12-13,15,18H,1-3,6-11H2. The molecule has 4 heterocycles. The smallest absolute Gasteiger partial charge is 0.186 e. The Labute approximate surface area is 179 Å². The number of rotatable bonds is 3. The molecule has 2 aliphatic rings. The van der Waals surface area contributed by atoms with Crippen LogP contribution in [0.4, 0.5) is 9.52 Å². The molecule has 2 saturated heterocycles. The first kappa shape index (κ1) is 19.4. The Morgan fingerprint density at radius 1 is 1.07 bits per heavy atom. The van der Waals surface area contributed by atoms with Gasteiger partial charge in [0, 0.05) is 24.7 Å². The Morgan fingerprint density at radius 2 is 1.87 bits per heavy atom. The highest BCUT2D eigenvalue weighted by Gasteiger charge is 2.26. The second kappa shape index (κ2) is 8.29. The number of pyridine rings is 1. The van der Waals surface area contributed by atoms with Gasteiger partial charge >= 0.3 is 0 Å². The van der Waals surface area contributed by atoms with Crippen molar-refractivity contribution in [3.05, 3.63) is 41.8 Å². The molecule has 0 atom stereocenters. The van der Waals surface area contributed by atoms with Crippen molar-refractivity contribution in [2.45, 2.75) is 38.1 Å². The quantitative estimate of drug-likeness (QED) is 0.607. The molecule has 0 aliphatic carbocycles. The molecule has 1 aromatic carbocycles. The number of aromatic nitrogens is 2. The van der Waals surface area contributed by atoms with Gasteiger partial charge in [0.25, 0.3) is 0 Å². The lowest BCUT2D eigenvalue weighted by Gasteiger charge is -2.40. The summed E-state index contributed by atoms with van der Waals surface area (Å²) in [6.45, 7) is 4.61. The first-order valence-corrected chi connectivity index (χ1v) is 11.5. The minimum atomic E-state index is -0.504. The van der Waals surface area contributed by atoms with E-state index in [9.17, 15) is 4.39 Å². The van der Waals surface area contributed by atoms with E-state index in [1.54, 1.807) is 29.7 Å². The fourth-order valence-electron chi connectivity index (χ4n) is 4.59. The van der Waals surface area contributed by atoms with E-state index in [0.29, 0.717) is 0 Å². The monoisotopic (exact) mass is 421 g/mol. The molecule has 30 heavy (non-hydrogen) atoms. The second-order valence-electron chi connectivity index (χ2n) is 8.15. The largest absolute Gasteiger partial charge is 0.348 e. The van der Waals surface area contributed by atoms with Gasteiger partial charge in [-0.1, -0.05) is 17.8 Å². The van der Waals surface area contributed by atoms with Crippen LogP contribution in [0.5, 0.6) is 0 Å². The summed E-state index contributed by atoms with van der Waals surface area (Å²) in [5, 5.41) is 10.1. The molecule has 3 aromatic rings. The molecule has 0 saturated carbocycles. The summed E-state index contributed by atoms with van der Waals surface area (Å²) < 4.78 is 14.7. The zero-order valence-corrected chi connectivity index (χ0v) is 17.7. The van der Waals surface area contributed by atoms with Crippen LogP contribution in [0, 0.1) is 17.1 Å². The molecule has 2 fully saturated rings. The average molecular weight is 422 g/mol. The summed E-state index contributed by atoms with van der Waals surface area (Å²) >= 11 is 1.68. The lowest BCUT2D eigenvalue weighted by molar-refractivity contribution is 0.141. The van der Waals surface area contributed by atoms with Crippen LogP contribution >= 0.6 is 11.3 Å². The third-order valence-electron chi connectivity index (χ3n) is 6.29. The van der Waals surface area contributed by atoms with E-state index in [1.807, 2.05) is 12.1 Å². The Hall–Kier alpha value is -2.56. The maximum atomic E-state index is 13.6. The van der Waals surface area contributed by atoms with Crippen LogP contribution in [0.25, 0.3) is 21.5 Å². The SMILES string of the molecule is N#Cc1cc(-c2cc3sc(N4CCC(N5CCCCC5)CC4)nc3cn2)ccc1F. The van der Waals surface area contributed by atoms with Crippen LogP contribution in [0.1, 0.15) is 37.7 Å². The normalized spacial score (nSPS) is 18.6. The summed E-state index contributed by atoms with van der Waals surface area (Å²) in [5.74, 6) is -0.504. The van der Waals surface area contributed by atoms with E-state index in [4.69, 9.17) is 10.2 Å². The third kappa shape index (κ3) is 3.78. The first-order chi connectivity index (χ1) is 14.7. The predicted molar refractivity (Wildman–Crippen MR) is 118 cm³/mol. The van der Waals surface area contributed by atoms with Crippen molar-refractivity contribution >= 4 is 26.7 Å². The number of nitrogens with zero attached hydrogens (tertiary/aromatic N) is 5. The van der Waals surface area contributed by atoms with Crippen molar-refractivity contribution in [1.29, 1.82) is 5.26 Å². The van der Waals surface area contributed by atoms with E-state index in [1.165, 1.54) is 51.3 Å². The van der Waals surface area contributed by atoms with Crippen LogP contribution < -0.4 is 4.90 Å². The number of hydrogen-bond acceptors (Lipinski definition) is 6. The second-order valence-corrected chi connectivity index (χ2v) is 9.16. The molecular formula is C23H24FN5S. The van der Waals surface area contributed by atoms with Gasteiger partial charge in [-0.15, -0.1) is 0 Å². The highest BCUT2D eigenvalue weighted by atomic mass is 32.1. The minimum Gasteiger partial charge on any atom is -0.348 e. The highest BCUT2D eigenvalue weighted by molar-refractivity contribution is 7.22. The number of thiazole rings is 1. The van der Waals surface area contributed by atoms with Crippen molar-refractivity contribution in [2.75, 3.05) is 31.1 Å². The molecule has 154 valence electrons. The Bertz CT molecular complexity index is 1090. The number of piperidine rings is 2. The predicted octanol–water partition coefficient (Wildman–Crippen LogP) is 4.82. The van der Waals surface area contributed by atoms with Gasteiger partial charge in [-0.2, -0.15) is 5.26 Å². The molecule has 5 nitrogen and oxygen atoms in total. The Morgan fingerprint density at radius 3 is 2.63 bits per heavy atom. The molecule has 0 radical (unpaired) electrons. The van der Waals surface area contributed by atoms with Gasteiger partial charge < -0.3 is 9.80 Å². The number of hydrogen-bond donors (Lipinski definition) is 0. The summed E-state index contributed by atoms with van der Waals surface area (Å²) in [7, 11) is 0. The van der Waals surface area contributed by atoms with Crippen LogP contribution in [-0.4, -0.2) is 47.1 Å². The van der Waals surface area contributed by atoms with E-state index in [2.05, 4.69) is 14.8 Å². The lowest BCUT2D eigenvalue weighted by Crippen LogP contribution is -2.46. The molecule has 2 aromatic heterocycles. The van der Waals surface area contributed by atoms with Gasteiger partial charge in [0.2, 0.25) is 0 Å².